The van der Waals surface area contributed by atoms with Crippen LogP contribution < -0.4 is 0 Å². The number of benzene rings is 1. The highest BCUT2D eigenvalue weighted by Gasteiger charge is 2.38. The maximum absolute atomic E-state index is 6.13. The van der Waals surface area contributed by atoms with Crippen molar-refractivity contribution in [3.8, 4) is 0 Å². The Bertz CT molecular complexity index is 376. The molecule has 1 saturated carbocycles. The predicted octanol–water partition coefficient (Wildman–Crippen LogP) is 5.46. The molecule has 0 saturated heterocycles. The third-order valence-electron chi connectivity index (χ3n) is 4.10. The molecule has 0 spiro atoms. The number of rotatable bonds is 2. The molecular weight excluding hydrogens is 239 g/mol. The molecule has 1 aliphatic rings. The summed E-state index contributed by atoms with van der Waals surface area (Å²) in [6.45, 7) is 4.63. The van der Waals surface area contributed by atoms with Crippen molar-refractivity contribution in [3.05, 3.63) is 33.8 Å². The summed E-state index contributed by atoms with van der Waals surface area (Å²) in [6, 6.07) is 6.15. The molecule has 1 aromatic carbocycles. The zero-order chi connectivity index (χ0) is 11.8. The van der Waals surface area contributed by atoms with Gasteiger partial charge in [-0.2, -0.15) is 0 Å². The zero-order valence-corrected chi connectivity index (χ0v) is 11.4. The Hall–Kier alpha value is -0.200. The van der Waals surface area contributed by atoms with Crippen LogP contribution in [0.3, 0.4) is 0 Å². The monoisotopic (exact) mass is 256 g/mol. The Labute approximate surface area is 108 Å². The van der Waals surface area contributed by atoms with Crippen molar-refractivity contribution in [1.82, 2.24) is 0 Å². The third-order valence-corrected chi connectivity index (χ3v) is 4.83. The first-order valence-electron chi connectivity index (χ1n) is 6.02. The van der Waals surface area contributed by atoms with Crippen LogP contribution in [0.1, 0.15) is 45.1 Å². The van der Waals surface area contributed by atoms with Crippen LogP contribution in [0.2, 0.25) is 10.0 Å². The molecule has 0 unspecified atom stereocenters. The fourth-order valence-electron chi connectivity index (χ4n) is 3.01. The molecule has 0 aliphatic heterocycles. The Morgan fingerprint density at radius 2 is 1.69 bits per heavy atom. The van der Waals surface area contributed by atoms with E-state index in [2.05, 4.69) is 26.0 Å². The highest BCUT2D eigenvalue weighted by atomic mass is 35.5. The quantitative estimate of drug-likeness (QED) is 0.659. The highest BCUT2D eigenvalue weighted by Crippen LogP contribution is 2.47. The van der Waals surface area contributed by atoms with Crippen molar-refractivity contribution < 1.29 is 0 Å². The Morgan fingerprint density at radius 1 is 1.06 bits per heavy atom. The molecular formula is C14H18Cl2. The van der Waals surface area contributed by atoms with E-state index in [0.29, 0.717) is 21.4 Å². The summed E-state index contributed by atoms with van der Waals surface area (Å²) in [7, 11) is 0. The molecule has 2 heteroatoms. The van der Waals surface area contributed by atoms with Crippen LogP contribution in [0.25, 0.3) is 0 Å². The average Bonchev–Trinajstić information content (AvgIpc) is 2.72. The fourth-order valence-corrected chi connectivity index (χ4v) is 3.31. The van der Waals surface area contributed by atoms with Gasteiger partial charge in [-0.25, -0.2) is 0 Å². The van der Waals surface area contributed by atoms with Crippen molar-refractivity contribution in [1.29, 1.82) is 0 Å². The van der Waals surface area contributed by atoms with Gasteiger partial charge in [0, 0.05) is 0 Å². The minimum Gasteiger partial charge on any atom is -0.0827 e. The van der Waals surface area contributed by atoms with Crippen LogP contribution >= 0.6 is 23.2 Å². The molecule has 0 radical (unpaired) electrons. The van der Waals surface area contributed by atoms with Gasteiger partial charge in [-0.3, -0.25) is 0 Å². The van der Waals surface area contributed by atoms with Gasteiger partial charge in [-0.05, 0) is 41.9 Å². The van der Waals surface area contributed by atoms with Gasteiger partial charge in [0.2, 0.25) is 0 Å². The van der Waals surface area contributed by atoms with Gasteiger partial charge in [0.05, 0.1) is 10.0 Å². The van der Waals surface area contributed by atoms with Crippen molar-refractivity contribution >= 4 is 23.2 Å². The molecule has 0 atom stereocenters. The van der Waals surface area contributed by atoms with Crippen LogP contribution in [0.15, 0.2) is 18.2 Å². The SMILES string of the molecule is CC(C)C1(c2ccc(Cl)c(Cl)c2)CCCC1. The smallest absolute Gasteiger partial charge is 0.0595 e. The molecule has 1 aliphatic carbocycles. The van der Waals surface area contributed by atoms with Crippen molar-refractivity contribution in [2.45, 2.75) is 44.9 Å². The third kappa shape index (κ3) is 1.98. The topological polar surface area (TPSA) is 0 Å². The van der Waals surface area contributed by atoms with Gasteiger partial charge < -0.3 is 0 Å². The lowest BCUT2D eigenvalue weighted by molar-refractivity contribution is 0.314. The average molecular weight is 257 g/mol. The van der Waals surface area contributed by atoms with Gasteiger partial charge >= 0.3 is 0 Å². The first kappa shape index (κ1) is 12.3. The van der Waals surface area contributed by atoms with Gasteiger partial charge in [-0.1, -0.05) is 56.0 Å². The minimum absolute atomic E-state index is 0.328. The molecule has 0 amide bonds. The summed E-state index contributed by atoms with van der Waals surface area (Å²) in [6.07, 6.45) is 5.22. The van der Waals surface area contributed by atoms with Gasteiger partial charge in [0.25, 0.3) is 0 Å². The summed E-state index contributed by atoms with van der Waals surface area (Å²) >= 11 is 12.1. The van der Waals surface area contributed by atoms with Gasteiger partial charge in [0.1, 0.15) is 0 Å². The molecule has 16 heavy (non-hydrogen) atoms. The maximum Gasteiger partial charge on any atom is 0.0595 e. The standard InChI is InChI=1S/C14H18Cl2/c1-10(2)14(7-3-4-8-14)11-5-6-12(15)13(16)9-11/h5-6,9-10H,3-4,7-8H2,1-2H3. The van der Waals surface area contributed by atoms with E-state index in [-0.39, 0.29) is 0 Å². The second-order valence-electron chi connectivity index (χ2n) is 5.15. The van der Waals surface area contributed by atoms with Crippen molar-refractivity contribution in [2.75, 3.05) is 0 Å². The fraction of sp³-hybridized carbons (Fsp3) is 0.571. The summed E-state index contributed by atoms with van der Waals surface area (Å²) in [5.74, 6) is 0.659. The van der Waals surface area contributed by atoms with E-state index in [1.54, 1.807) is 0 Å². The van der Waals surface area contributed by atoms with Crippen LogP contribution in [-0.4, -0.2) is 0 Å². The summed E-state index contributed by atoms with van der Waals surface area (Å²) in [4.78, 5) is 0. The predicted molar refractivity (Wildman–Crippen MR) is 71.4 cm³/mol. The normalized spacial score (nSPS) is 19.3. The molecule has 88 valence electrons. The molecule has 2 rings (SSSR count). The Kier molecular flexibility index (Phi) is 3.51. The maximum atomic E-state index is 6.13. The summed E-state index contributed by atoms with van der Waals surface area (Å²) in [5, 5.41) is 1.34. The Morgan fingerprint density at radius 3 is 2.19 bits per heavy atom. The molecule has 0 heterocycles. The van der Waals surface area contributed by atoms with E-state index in [1.807, 2.05) is 6.07 Å². The van der Waals surface area contributed by atoms with E-state index in [9.17, 15) is 0 Å². The van der Waals surface area contributed by atoms with Gasteiger partial charge in [-0.15, -0.1) is 0 Å². The van der Waals surface area contributed by atoms with E-state index < -0.39 is 0 Å². The molecule has 1 fully saturated rings. The first-order valence-corrected chi connectivity index (χ1v) is 6.77. The second-order valence-corrected chi connectivity index (χ2v) is 5.96. The van der Waals surface area contributed by atoms with E-state index in [0.717, 1.165) is 0 Å². The molecule has 0 N–H and O–H groups in total. The lowest BCUT2D eigenvalue weighted by atomic mass is 9.70. The van der Waals surface area contributed by atoms with Crippen LogP contribution in [0, 0.1) is 5.92 Å². The summed E-state index contributed by atoms with van der Waals surface area (Å²) < 4.78 is 0. The van der Waals surface area contributed by atoms with Crippen LogP contribution in [-0.2, 0) is 5.41 Å². The number of hydrogen-bond donors (Lipinski definition) is 0. The molecule has 0 aromatic heterocycles. The minimum atomic E-state index is 0.328. The molecule has 1 aromatic rings. The largest absolute Gasteiger partial charge is 0.0827 e. The lowest BCUT2D eigenvalue weighted by Crippen LogP contribution is -2.28. The first-order chi connectivity index (χ1) is 7.56. The van der Waals surface area contributed by atoms with E-state index in [4.69, 9.17) is 23.2 Å². The molecule has 0 bridgehead atoms. The Balaban J connectivity index is 2.43. The second kappa shape index (κ2) is 4.58. The van der Waals surface area contributed by atoms with Crippen molar-refractivity contribution in [3.63, 3.8) is 0 Å². The van der Waals surface area contributed by atoms with E-state index in [1.165, 1.54) is 31.2 Å². The van der Waals surface area contributed by atoms with E-state index >= 15 is 0 Å². The van der Waals surface area contributed by atoms with Crippen LogP contribution in [0.5, 0.6) is 0 Å². The number of hydrogen-bond acceptors (Lipinski definition) is 0. The highest BCUT2D eigenvalue weighted by molar-refractivity contribution is 6.42. The summed E-state index contributed by atoms with van der Waals surface area (Å²) in [5.41, 5.74) is 1.70. The lowest BCUT2D eigenvalue weighted by Gasteiger charge is -2.34. The van der Waals surface area contributed by atoms with Gasteiger partial charge in [0.15, 0.2) is 0 Å². The van der Waals surface area contributed by atoms with Crippen molar-refractivity contribution in [2.24, 2.45) is 5.92 Å². The number of halogens is 2. The zero-order valence-electron chi connectivity index (χ0n) is 9.89. The molecule has 0 nitrogen and oxygen atoms in total. The van der Waals surface area contributed by atoms with Crippen LogP contribution in [0.4, 0.5) is 0 Å².